The molecule has 1 aromatic rings. The lowest BCUT2D eigenvalue weighted by Gasteiger charge is -2.11. The summed E-state index contributed by atoms with van der Waals surface area (Å²) in [4.78, 5) is 0. The van der Waals surface area contributed by atoms with Gasteiger partial charge in [-0.25, -0.2) is 0 Å². The van der Waals surface area contributed by atoms with Gasteiger partial charge < -0.3 is 10.1 Å². The summed E-state index contributed by atoms with van der Waals surface area (Å²) >= 11 is 0. The minimum atomic E-state index is 0.624. The van der Waals surface area contributed by atoms with E-state index in [-0.39, 0.29) is 0 Å². The van der Waals surface area contributed by atoms with Crippen LogP contribution in [0.15, 0.2) is 24.3 Å². The summed E-state index contributed by atoms with van der Waals surface area (Å²) in [6.07, 6.45) is 1.16. The van der Waals surface area contributed by atoms with Crippen molar-refractivity contribution in [2.45, 2.75) is 20.3 Å². The maximum atomic E-state index is 5.63. The number of hydrogen-bond donors (Lipinski definition) is 1. The molecule has 0 saturated carbocycles. The molecule has 1 atom stereocenters. The fourth-order valence-electron chi connectivity index (χ4n) is 1.07. The SMILES string of the molecule is CCC(C)COc1ccc(NC)cc1. The molecule has 0 radical (unpaired) electrons. The molecule has 0 aromatic heterocycles. The Morgan fingerprint density at radius 2 is 1.93 bits per heavy atom. The smallest absolute Gasteiger partial charge is 0.119 e. The van der Waals surface area contributed by atoms with E-state index in [4.69, 9.17) is 4.74 Å². The van der Waals surface area contributed by atoms with Gasteiger partial charge in [0.1, 0.15) is 5.75 Å². The second-order valence-corrected chi connectivity index (χ2v) is 3.60. The van der Waals surface area contributed by atoms with Crippen molar-refractivity contribution < 1.29 is 4.74 Å². The van der Waals surface area contributed by atoms with E-state index >= 15 is 0 Å². The molecule has 14 heavy (non-hydrogen) atoms. The molecule has 0 fully saturated rings. The van der Waals surface area contributed by atoms with Crippen LogP contribution < -0.4 is 10.1 Å². The maximum absolute atomic E-state index is 5.63. The number of hydrogen-bond acceptors (Lipinski definition) is 2. The van der Waals surface area contributed by atoms with E-state index in [0.717, 1.165) is 24.5 Å². The molecular weight excluding hydrogens is 174 g/mol. The minimum Gasteiger partial charge on any atom is -0.493 e. The summed E-state index contributed by atoms with van der Waals surface area (Å²) in [6, 6.07) is 8.03. The summed E-state index contributed by atoms with van der Waals surface area (Å²) in [7, 11) is 1.91. The van der Waals surface area contributed by atoms with Crippen LogP contribution in [0.1, 0.15) is 20.3 Å². The predicted molar refractivity (Wildman–Crippen MR) is 60.9 cm³/mol. The zero-order chi connectivity index (χ0) is 10.4. The molecule has 0 aliphatic carbocycles. The van der Waals surface area contributed by atoms with Gasteiger partial charge >= 0.3 is 0 Å². The third-order valence-corrected chi connectivity index (χ3v) is 2.37. The first-order chi connectivity index (χ1) is 6.76. The second-order valence-electron chi connectivity index (χ2n) is 3.60. The molecule has 1 unspecified atom stereocenters. The lowest BCUT2D eigenvalue weighted by Crippen LogP contribution is -2.07. The second kappa shape index (κ2) is 5.53. The molecule has 0 bridgehead atoms. The van der Waals surface area contributed by atoms with Crippen LogP contribution in [0, 0.1) is 5.92 Å². The Balaban J connectivity index is 2.43. The number of benzene rings is 1. The lowest BCUT2D eigenvalue weighted by molar-refractivity contribution is 0.256. The Hall–Kier alpha value is -1.18. The van der Waals surface area contributed by atoms with Gasteiger partial charge in [-0.2, -0.15) is 0 Å². The average molecular weight is 193 g/mol. The molecule has 2 heteroatoms. The van der Waals surface area contributed by atoms with Gasteiger partial charge in [-0.05, 0) is 30.2 Å². The fourth-order valence-corrected chi connectivity index (χ4v) is 1.07. The van der Waals surface area contributed by atoms with Crippen LogP contribution in [-0.2, 0) is 0 Å². The molecule has 78 valence electrons. The van der Waals surface area contributed by atoms with Gasteiger partial charge in [-0.15, -0.1) is 0 Å². The fraction of sp³-hybridized carbons (Fsp3) is 0.500. The molecule has 0 amide bonds. The van der Waals surface area contributed by atoms with E-state index in [1.54, 1.807) is 0 Å². The minimum absolute atomic E-state index is 0.624. The van der Waals surface area contributed by atoms with Crippen molar-refractivity contribution in [3.05, 3.63) is 24.3 Å². The van der Waals surface area contributed by atoms with Crippen LogP contribution in [-0.4, -0.2) is 13.7 Å². The first-order valence-corrected chi connectivity index (χ1v) is 5.17. The Kier molecular flexibility index (Phi) is 4.30. The molecule has 0 spiro atoms. The summed E-state index contributed by atoms with van der Waals surface area (Å²) in [6.45, 7) is 5.18. The van der Waals surface area contributed by atoms with E-state index in [9.17, 15) is 0 Å². The molecule has 0 aliphatic heterocycles. The van der Waals surface area contributed by atoms with Crippen LogP contribution in [0.25, 0.3) is 0 Å². The number of anilines is 1. The largest absolute Gasteiger partial charge is 0.493 e. The normalized spacial score (nSPS) is 12.2. The standard InChI is InChI=1S/C12H19NO/c1-4-10(2)9-14-12-7-5-11(13-3)6-8-12/h5-8,10,13H,4,9H2,1-3H3. The molecule has 2 nitrogen and oxygen atoms in total. The molecule has 0 saturated heterocycles. The highest BCUT2D eigenvalue weighted by Crippen LogP contribution is 2.16. The van der Waals surface area contributed by atoms with Crippen molar-refractivity contribution in [1.82, 2.24) is 0 Å². The van der Waals surface area contributed by atoms with Crippen molar-refractivity contribution in [2.24, 2.45) is 5.92 Å². The Morgan fingerprint density at radius 3 is 2.43 bits per heavy atom. The molecular formula is C12H19NO. The van der Waals surface area contributed by atoms with Crippen LogP contribution >= 0.6 is 0 Å². The Bertz CT molecular complexity index is 256. The van der Waals surface area contributed by atoms with Crippen molar-refractivity contribution in [3.8, 4) is 5.75 Å². The summed E-state index contributed by atoms with van der Waals surface area (Å²) in [5.74, 6) is 1.57. The van der Waals surface area contributed by atoms with Crippen LogP contribution in [0.5, 0.6) is 5.75 Å². The van der Waals surface area contributed by atoms with Gasteiger partial charge in [-0.3, -0.25) is 0 Å². The van der Waals surface area contributed by atoms with E-state index < -0.39 is 0 Å². The monoisotopic (exact) mass is 193 g/mol. The Labute approximate surface area is 86.3 Å². The summed E-state index contributed by atoms with van der Waals surface area (Å²) in [5.41, 5.74) is 1.11. The van der Waals surface area contributed by atoms with Gasteiger partial charge in [0.25, 0.3) is 0 Å². The first-order valence-electron chi connectivity index (χ1n) is 5.17. The Morgan fingerprint density at radius 1 is 1.29 bits per heavy atom. The topological polar surface area (TPSA) is 21.3 Å². The highest BCUT2D eigenvalue weighted by molar-refractivity contribution is 5.45. The first kappa shape index (κ1) is 10.9. The van der Waals surface area contributed by atoms with Crippen LogP contribution in [0.2, 0.25) is 0 Å². The number of rotatable bonds is 5. The van der Waals surface area contributed by atoms with Crippen LogP contribution in [0.3, 0.4) is 0 Å². The third kappa shape index (κ3) is 3.29. The third-order valence-electron chi connectivity index (χ3n) is 2.37. The van der Waals surface area contributed by atoms with Gasteiger partial charge in [0.2, 0.25) is 0 Å². The van der Waals surface area contributed by atoms with Gasteiger partial charge in [0.05, 0.1) is 6.61 Å². The van der Waals surface area contributed by atoms with Crippen molar-refractivity contribution in [3.63, 3.8) is 0 Å². The zero-order valence-corrected chi connectivity index (χ0v) is 9.21. The molecule has 0 aliphatic rings. The van der Waals surface area contributed by atoms with Gasteiger partial charge in [0.15, 0.2) is 0 Å². The number of ether oxygens (including phenoxy) is 1. The maximum Gasteiger partial charge on any atom is 0.119 e. The van der Waals surface area contributed by atoms with E-state index in [1.165, 1.54) is 0 Å². The zero-order valence-electron chi connectivity index (χ0n) is 9.21. The molecule has 1 N–H and O–H groups in total. The van der Waals surface area contributed by atoms with Gasteiger partial charge in [0, 0.05) is 12.7 Å². The number of nitrogens with one attached hydrogen (secondary N) is 1. The molecule has 1 aromatic carbocycles. The van der Waals surface area contributed by atoms with Crippen LogP contribution in [0.4, 0.5) is 5.69 Å². The van der Waals surface area contributed by atoms with E-state index in [0.29, 0.717) is 5.92 Å². The molecule has 0 heterocycles. The lowest BCUT2D eigenvalue weighted by atomic mass is 10.1. The quantitative estimate of drug-likeness (QED) is 0.775. The van der Waals surface area contributed by atoms with E-state index in [2.05, 4.69) is 19.2 Å². The highest BCUT2D eigenvalue weighted by atomic mass is 16.5. The average Bonchev–Trinajstić information content (AvgIpc) is 2.26. The van der Waals surface area contributed by atoms with Crippen molar-refractivity contribution >= 4 is 5.69 Å². The highest BCUT2D eigenvalue weighted by Gasteiger charge is 1.99. The summed E-state index contributed by atoms with van der Waals surface area (Å²) < 4.78 is 5.63. The van der Waals surface area contributed by atoms with Crippen molar-refractivity contribution in [2.75, 3.05) is 19.0 Å². The summed E-state index contributed by atoms with van der Waals surface area (Å²) in [5, 5.41) is 3.07. The predicted octanol–water partition coefficient (Wildman–Crippen LogP) is 3.15. The van der Waals surface area contributed by atoms with Crippen molar-refractivity contribution in [1.29, 1.82) is 0 Å². The van der Waals surface area contributed by atoms with E-state index in [1.807, 2.05) is 31.3 Å². The molecule has 1 rings (SSSR count). The van der Waals surface area contributed by atoms with Gasteiger partial charge in [-0.1, -0.05) is 20.3 Å².